The Morgan fingerprint density at radius 3 is 2.79 bits per heavy atom. The Bertz CT molecular complexity index is 942. The van der Waals surface area contributed by atoms with E-state index in [2.05, 4.69) is 16.0 Å². The Hall–Kier alpha value is -3.24. The third kappa shape index (κ3) is 2.95. The molecule has 2 N–H and O–H groups in total. The van der Waals surface area contributed by atoms with Gasteiger partial charge in [0.15, 0.2) is 0 Å². The van der Waals surface area contributed by atoms with Crippen molar-refractivity contribution in [1.29, 1.82) is 5.26 Å². The number of aromatic nitrogens is 2. The lowest BCUT2D eigenvalue weighted by molar-refractivity contribution is 0.1000. The number of amides is 1. The summed E-state index contributed by atoms with van der Waals surface area (Å²) in [6.45, 7) is 0. The van der Waals surface area contributed by atoms with Crippen LogP contribution < -0.4 is 10.5 Å². The maximum atomic E-state index is 11.1. The van der Waals surface area contributed by atoms with Crippen molar-refractivity contribution >= 4 is 17.2 Å². The van der Waals surface area contributed by atoms with E-state index in [1.807, 2.05) is 24.3 Å². The molecule has 0 aliphatic rings. The molecule has 0 radical (unpaired) electrons. The molecule has 0 aliphatic heterocycles. The number of ether oxygens (including phenoxy) is 1. The zero-order valence-corrected chi connectivity index (χ0v) is 13.5. The second-order valence-corrected chi connectivity index (χ2v) is 5.84. The Kier molecular flexibility index (Phi) is 4.22. The van der Waals surface area contributed by atoms with Gasteiger partial charge in [-0.1, -0.05) is 12.1 Å². The van der Waals surface area contributed by atoms with Crippen LogP contribution in [0.5, 0.6) is 5.75 Å². The zero-order chi connectivity index (χ0) is 17.1. The van der Waals surface area contributed by atoms with Crippen molar-refractivity contribution in [3.05, 3.63) is 53.0 Å². The number of rotatable bonds is 4. The van der Waals surface area contributed by atoms with Gasteiger partial charge in [-0.3, -0.25) is 9.78 Å². The van der Waals surface area contributed by atoms with Crippen LogP contribution in [-0.4, -0.2) is 23.0 Å². The van der Waals surface area contributed by atoms with E-state index in [9.17, 15) is 10.1 Å². The summed E-state index contributed by atoms with van der Waals surface area (Å²) in [4.78, 5) is 20.3. The highest BCUT2D eigenvalue weighted by Gasteiger charge is 2.15. The number of nitriles is 1. The van der Waals surface area contributed by atoms with Crippen molar-refractivity contribution in [2.24, 2.45) is 5.73 Å². The van der Waals surface area contributed by atoms with E-state index in [4.69, 9.17) is 10.5 Å². The predicted octanol–water partition coefficient (Wildman–Crippen LogP) is 2.85. The van der Waals surface area contributed by atoms with Crippen LogP contribution in [0, 0.1) is 11.3 Å². The third-order valence-electron chi connectivity index (χ3n) is 3.34. The lowest BCUT2D eigenvalue weighted by atomic mass is 10.1. The first-order chi connectivity index (χ1) is 11.6. The van der Waals surface area contributed by atoms with Gasteiger partial charge in [0.1, 0.15) is 27.4 Å². The number of carbonyl (C=O) groups excluding carboxylic acids is 1. The van der Waals surface area contributed by atoms with Gasteiger partial charge < -0.3 is 10.5 Å². The van der Waals surface area contributed by atoms with Crippen molar-refractivity contribution < 1.29 is 9.53 Å². The molecule has 0 aliphatic carbocycles. The third-order valence-corrected chi connectivity index (χ3v) is 4.32. The fourth-order valence-corrected chi connectivity index (χ4v) is 3.00. The fourth-order valence-electron chi connectivity index (χ4n) is 2.14. The number of thiazole rings is 1. The van der Waals surface area contributed by atoms with Crippen LogP contribution >= 0.6 is 11.3 Å². The average molecular weight is 336 g/mol. The molecule has 0 unspecified atom stereocenters. The molecule has 3 rings (SSSR count). The topological polar surface area (TPSA) is 102 Å². The van der Waals surface area contributed by atoms with Gasteiger partial charge in [-0.25, -0.2) is 4.98 Å². The maximum absolute atomic E-state index is 11.1. The van der Waals surface area contributed by atoms with Gasteiger partial charge in [0.05, 0.1) is 18.4 Å². The van der Waals surface area contributed by atoms with Crippen LogP contribution in [0.2, 0.25) is 0 Å². The molecule has 0 spiro atoms. The van der Waals surface area contributed by atoms with Gasteiger partial charge in [0, 0.05) is 11.8 Å². The number of benzene rings is 1. The van der Waals surface area contributed by atoms with Crippen LogP contribution in [0.4, 0.5) is 0 Å². The minimum absolute atomic E-state index is 0.323. The Morgan fingerprint density at radius 1 is 1.33 bits per heavy atom. The Balaban J connectivity index is 2.04. The van der Waals surface area contributed by atoms with E-state index < -0.39 is 5.91 Å². The molecule has 0 atom stereocenters. The minimum Gasteiger partial charge on any atom is -0.497 e. The molecule has 118 valence electrons. The van der Waals surface area contributed by atoms with Gasteiger partial charge >= 0.3 is 0 Å². The summed E-state index contributed by atoms with van der Waals surface area (Å²) in [5.41, 5.74) is 7.49. The summed E-state index contributed by atoms with van der Waals surface area (Å²) >= 11 is 1.24. The van der Waals surface area contributed by atoms with E-state index in [0.717, 1.165) is 5.56 Å². The van der Waals surface area contributed by atoms with Crippen LogP contribution in [-0.2, 0) is 0 Å². The van der Waals surface area contributed by atoms with Crippen LogP contribution in [0.25, 0.3) is 22.0 Å². The van der Waals surface area contributed by atoms with Gasteiger partial charge in [-0.15, -0.1) is 11.3 Å². The van der Waals surface area contributed by atoms with Gasteiger partial charge in [-0.05, 0) is 24.3 Å². The number of carbonyl (C=O) groups is 1. The lowest BCUT2D eigenvalue weighted by Gasteiger charge is -2.02. The van der Waals surface area contributed by atoms with Crippen molar-refractivity contribution in [3.8, 4) is 33.8 Å². The number of nitrogens with zero attached hydrogens (tertiary/aromatic N) is 3. The highest BCUT2D eigenvalue weighted by Crippen LogP contribution is 2.33. The molecule has 0 saturated heterocycles. The molecule has 2 heterocycles. The normalized spacial score (nSPS) is 10.2. The molecule has 0 saturated carbocycles. The molecule has 0 fully saturated rings. The molecule has 2 aromatic heterocycles. The van der Waals surface area contributed by atoms with E-state index in [-0.39, 0.29) is 0 Å². The first-order valence-electron chi connectivity index (χ1n) is 6.94. The number of hydrogen-bond donors (Lipinski definition) is 1. The molecular formula is C17H12N4O2S. The number of hydrogen-bond acceptors (Lipinski definition) is 6. The summed E-state index contributed by atoms with van der Waals surface area (Å²) < 4.78 is 5.21. The molecule has 6 nitrogen and oxygen atoms in total. The van der Waals surface area contributed by atoms with Crippen molar-refractivity contribution in [1.82, 2.24) is 9.97 Å². The predicted molar refractivity (Wildman–Crippen MR) is 90.6 cm³/mol. The zero-order valence-electron chi connectivity index (χ0n) is 12.7. The average Bonchev–Trinajstić information content (AvgIpc) is 3.06. The van der Waals surface area contributed by atoms with Crippen LogP contribution in [0.15, 0.2) is 42.6 Å². The largest absolute Gasteiger partial charge is 0.497 e. The number of pyridine rings is 1. The van der Waals surface area contributed by atoms with Gasteiger partial charge in [-0.2, -0.15) is 5.26 Å². The summed E-state index contributed by atoms with van der Waals surface area (Å²) in [6, 6.07) is 12.8. The number of nitrogens with two attached hydrogens (primary N) is 1. The van der Waals surface area contributed by atoms with E-state index >= 15 is 0 Å². The summed E-state index contributed by atoms with van der Waals surface area (Å²) in [7, 11) is 1.58. The summed E-state index contributed by atoms with van der Waals surface area (Å²) in [5.74, 6) is 0.151. The first-order valence-corrected chi connectivity index (χ1v) is 7.75. The standard InChI is InChI=1S/C17H12N4O2S/c1-23-12-4-2-3-10(7-12)15-14(8-18)24-17(21-15)13-6-5-11(9-20-13)16(19)22/h2-7,9H,1H3,(H2,19,22). The monoisotopic (exact) mass is 336 g/mol. The SMILES string of the molecule is COc1cccc(-c2nc(-c3ccc(C(N)=O)cn3)sc2C#N)c1. The minimum atomic E-state index is -0.539. The lowest BCUT2D eigenvalue weighted by Crippen LogP contribution is -2.10. The first kappa shape index (κ1) is 15.6. The van der Waals surface area contributed by atoms with Gasteiger partial charge in [0.2, 0.25) is 5.91 Å². The molecule has 3 aromatic rings. The molecular weight excluding hydrogens is 324 g/mol. The fraction of sp³-hybridized carbons (Fsp3) is 0.0588. The molecule has 24 heavy (non-hydrogen) atoms. The van der Waals surface area contributed by atoms with Crippen molar-refractivity contribution in [2.75, 3.05) is 7.11 Å². The van der Waals surface area contributed by atoms with E-state index in [1.165, 1.54) is 17.5 Å². The van der Waals surface area contributed by atoms with Crippen LogP contribution in [0.1, 0.15) is 15.2 Å². The van der Waals surface area contributed by atoms with E-state index in [1.54, 1.807) is 19.2 Å². The van der Waals surface area contributed by atoms with Crippen LogP contribution in [0.3, 0.4) is 0 Å². The smallest absolute Gasteiger partial charge is 0.250 e. The summed E-state index contributed by atoms with van der Waals surface area (Å²) in [6.07, 6.45) is 1.40. The highest BCUT2D eigenvalue weighted by molar-refractivity contribution is 7.16. The molecule has 1 amide bonds. The quantitative estimate of drug-likeness (QED) is 0.789. The van der Waals surface area contributed by atoms with Gasteiger partial charge in [0.25, 0.3) is 0 Å². The second kappa shape index (κ2) is 6.48. The summed E-state index contributed by atoms with van der Waals surface area (Å²) in [5, 5.41) is 9.99. The van der Waals surface area contributed by atoms with Crippen molar-refractivity contribution in [3.63, 3.8) is 0 Å². The Labute approximate surface area is 142 Å². The molecule has 0 bridgehead atoms. The molecule has 7 heteroatoms. The van der Waals surface area contributed by atoms with E-state index in [0.29, 0.717) is 32.6 Å². The Morgan fingerprint density at radius 2 is 2.17 bits per heavy atom. The number of primary amides is 1. The highest BCUT2D eigenvalue weighted by atomic mass is 32.1. The maximum Gasteiger partial charge on any atom is 0.250 e. The number of methoxy groups -OCH3 is 1. The molecule has 1 aromatic carbocycles. The van der Waals surface area contributed by atoms with Crippen molar-refractivity contribution in [2.45, 2.75) is 0 Å². The second-order valence-electron chi connectivity index (χ2n) is 4.84.